The Balaban J connectivity index is 0.00000324. The van der Waals surface area contributed by atoms with E-state index in [0.717, 1.165) is 5.56 Å². The molecule has 19 heavy (non-hydrogen) atoms. The second kappa shape index (κ2) is 7.58. The van der Waals surface area contributed by atoms with Crippen molar-refractivity contribution in [3.8, 4) is 0 Å². The number of hydrogen-bond acceptors (Lipinski definition) is 3. The predicted octanol–water partition coefficient (Wildman–Crippen LogP) is 3.29. The lowest BCUT2D eigenvalue weighted by Crippen LogP contribution is -2.36. The average Bonchev–Trinajstić information content (AvgIpc) is 2.24. The Kier molecular flexibility index (Phi) is 7.19. The van der Waals surface area contributed by atoms with Crippen LogP contribution in [0.2, 0.25) is 5.02 Å². The van der Waals surface area contributed by atoms with Gasteiger partial charge >= 0.3 is 6.09 Å². The first kappa shape index (κ1) is 18.0. The number of hydrogen-bond donors (Lipinski definition) is 2. The van der Waals surface area contributed by atoms with Gasteiger partial charge in [-0.25, -0.2) is 4.79 Å². The van der Waals surface area contributed by atoms with Crippen LogP contribution in [0.3, 0.4) is 0 Å². The molecular weight excluding hydrogens is 287 g/mol. The number of benzene rings is 1. The molecule has 0 aliphatic rings. The first-order valence-electron chi connectivity index (χ1n) is 5.76. The van der Waals surface area contributed by atoms with Crippen molar-refractivity contribution in [2.45, 2.75) is 32.4 Å². The van der Waals surface area contributed by atoms with E-state index in [1.807, 2.05) is 32.9 Å². The summed E-state index contributed by atoms with van der Waals surface area (Å²) in [4.78, 5) is 11.4. The Morgan fingerprint density at radius 3 is 2.37 bits per heavy atom. The van der Waals surface area contributed by atoms with Crippen LogP contribution in [-0.2, 0) is 4.74 Å². The normalized spacial score (nSPS) is 12.3. The summed E-state index contributed by atoms with van der Waals surface area (Å²) in [5.41, 5.74) is 6.35. The van der Waals surface area contributed by atoms with Gasteiger partial charge in [0.15, 0.2) is 0 Å². The zero-order valence-electron chi connectivity index (χ0n) is 11.3. The number of alkyl carbamates (subject to hydrolysis) is 1. The molecule has 0 bridgehead atoms. The van der Waals surface area contributed by atoms with Gasteiger partial charge < -0.3 is 15.8 Å². The van der Waals surface area contributed by atoms with Crippen LogP contribution in [0.5, 0.6) is 0 Å². The first-order valence-corrected chi connectivity index (χ1v) is 6.13. The molecule has 0 saturated heterocycles. The molecule has 0 heterocycles. The summed E-state index contributed by atoms with van der Waals surface area (Å²) in [5.74, 6) is 0. The summed E-state index contributed by atoms with van der Waals surface area (Å²) in [6.07, 6.45) is -0.466. The van der Waals surface area contributed by atoms with Crippen LogP contribution in [0.15, 0.2) is 24.3 Å². The summed E-state index contributed by atoms with van der Waals surface area (Å²) in [6, 6.07) is 6.93. The van der Waals surface area contributed by atoms with Gasteiger partial charge in [0.1, 0.15) is 5.60 Å². The zero-order chi connectivity index (χ0) is 13.8. The highest BCUT2D eigenvalue weighted by Gasteiger charge is 2.16. The van der Waals surface area contributed by atoms with Crippen LogP contribution < -0.4 is 11.1 Å². The molecule has 3 N–H and O–H groups in total. The topological polar surface area (TPSA) is 64.3 Å². The fourth-order valence-corrected chi connectivity index (χ4v) is 1.46. The second-order valence-electron chi connectivity index (χ2n) is 5.04. The van der Waals surface area contributed by atoms with E-state index in [1.165, 1.54) is 0 Å². The molecule has 0 fully saturated rings. The predicted molar refractivity (Wildman–Crippen MR) is 79.9 cm³/mol. The Morgan fingerprint density at radius 1 is 1.37 bits per heavy atom. The summed E-state index contributed by atoms with van der Waals surface area (Å²) in [7, 11) is 0. The molecule has 0 aromatic heterocycles. The molecule has 0 spiro atoms. The second-order valence-corrected chi connectivity index (χ2v) is 5.48. The molecule has 1 aromatic rings. The number of rotatable bonds is 3. The van der Waals surface area contributed by atoms with Crippen LogP contribution in [-0.4, -0.2) is 18.2 Å². The van der Waals surface area contributed by atoms with Crippen LogP contribution in [0, 0.1) is 0 Å². The molecule has 1 aromatic carbocycles. The van der Waals surface area contributed by atoms with E-state index in [9.17, 15) is 4.79 Å². The molecule has 1 atom stereocenters. The molecular formula is C13H20Cl2N2O2. The molecule has 0 aliphatic heterocycles. The summed E-state index contributed by atoms with van der Waals surface area (Å²) < 4.78 is 5.12. The van der Waals surface area contributed by atoms with Gasteiger partial charge in [-0.2, -0.15) is 0 Å². The van der Waals surface area contributed by atoms with Crippen molar-refractivity contribution in [2.75, 3.05) is 6.54 Å². The van der Waals surface area contributed by atoms with Gasteiger partial charge in [-0.15, -0.1) is 12.4 Å². The minimum absolute atomic E-state index is 0. The Bertz CT molecular complexity index is 402. The van der Waals surface area contributed by atoms with Crippen molar-refractivity contribution in [1.82, 2.24) is 5.32 Å². The number of nitrogens with one attached hydrogen (secondary N) is 1. The third-order valence-electron chi connectivity index (χ3n) is 2.16. The fraction of sp³-hybridized carbons (Fsp3) is 0.462. The van der Waals surface area contributed by atoms with Gasteiger partial charge in [0.05, 0.1) is 0 Å². The minimum atomic E-state index is -0.506. The number of halogens is 2. The molecule has 108 valence electrons. The average molecular weight is 307 g/mol. The quantitative estimate of drug-likeness (QED) is 0.900. The molecule has 0 radical (unpaired) electrons. The number of amides is 1. The number of carbonyl (C=O) groups excluding carboxylic acids is 1. The van der Waals surface area contributed by atoms with Crippen molar-refractivity contribution < 1.29 is 9.53 Å². The van der Waals surface area contributed by atoms with Crippen molar-refractivity contribution in [1.29, 1.82) is 0 Å². The monoisotopic (exact) mass is 306 g/mol. The van der Waals surface area contributed by atoms with Crippen LogP contribution in [0.4, 0.5) is 4.79 Å². The summed E-state index contributed by atoms with van der Waals surface area (Å²) in [5, 5.41) is 3.29. The molecule has 1 amide bonds. The van der Waals surface area contributed by atoms with Gasteiger partial charge in [-0.3, -0.25) is 0 Å². The highest BCUT2D eigenvalue weighted by molar-refractivity contribution is 6.30. The minimum Gasteiger partial charge on any atom is -0.444 e. The maximum absolute atomic E-state index is 11.4. The largest absolute Gasteiger partial charge is 0.444 e. The Hall–Kier alpha value is -0.970. The Morgan fingerprint density at radius 2 is 1.89 bits per heavy atom. The van der Waals surface area contributed by atoms with E-state index in [4.69, 9.17) is 22.1 Å². The third kappa shape index (κ3) is 7.25. The molecule has 0 aliphatic carbocycles. The van der Waals surface area contributed by atoms with Crippen LogP contribution in [0.1, 0.15) is 32.4 Å². The summed E-state index contributed by atoms with van der Waals surface area (Å²) in [6.45, 7) is 5.75. The lowest BCUT2D eigenvalue weighted by molar-refractivity contribution is 0.0524. The van der Waals surface area contributed by atoms with E-state index in [1.54, 1.807) is 12.1 Å². The van der Waals surface area contributed by atoms with E-state index in [2.05, 4.69) is 5.32 Å². The molecule has 4 nitrogen and oxygen atoms in total. The van der Waals surface area contributed by atoms with Crippen molar-refractivity contribution in [2.24, 2.45) is 5.73 Å². The number of nitrogens with two attached hydrogens (primary N) is 1. The number of ether oxygens (including phenoxy) is 1. The molecule has 1 unspecified atom stereocenters. The maximum atomic E-state index is 11.4. The van der Waals surface area contributed by atoms with E-state index in [-0.39, 0.29) is 18.4 Å². The zero-order valence-corrected chi connectivity index (χ0v) is 12.8. The maximum Gasteiger partial charge on any atom is 0.407 e. The van der Waals surface area contributed by atoms with Gasteiger partial charge in [0.2, 0.25) is 0 Å². The van der Waals surface area contributed by atoms with E-state index >= 15 is 0 Å². The van der Waals surface area contributed by atoms with Crippen LogP contribution >= 0.6 is 24.0 Å². The smallest absolute Gasteiger partial charge is 0.407 e. The lowest BCUT2D eigenvalue weighted by atomic mass is 10.1. The fourth-order valence-electron chi connectivity index (χ4n) is 1.34. The highest BCUT2D eigenvalue weighted by atomic mass is 35.5. The van der Waals surface area contributed by atoms with Crippen molar-refractivity contribution in [3.63, 3.8) is 0 Å². The summed E-state index contributed by atoms with van der Waals surface area (Å²) >= 11 is 5.79. The SMILES string of the molecule is CC(C)(C)OC(=O)NCC(N)c1ccc(Cl)cc1.Cl. The number of carbonyl (C=O) groups is 1. The molecule has 1 rings (SSSR count). The van der Waals surface area contributed by atoms with Gasteiger partial charge in [-0.05, 0) is 38.5 Å². The van der Waals surface area contributed by atoms with Crippen LogP contribution in [0.25, 0.3) is 0 Å². The Labute approximate surface area is 125 Å². The third-order valence-corrected chi connectivity index (χ3v) is 2.42. The van der Waals surface area contributed by atoms with Gasteiger partial charge in [-0.1, -0.05) is 23.7 Å². The molecule has 0 saturated carbocycles. The molecule has 6 heteroatoms. The van der Waals surface area contributed by atoms with Gasteiger partial charge in [0, 0.05) is 17.6 Å². The standard InChI is InChI=1S/C13H19ClN2O2.ClH/c1-13(2,3)18-12(17)16-8-11(15)9-4-6-10(14)7-5-9;/h4-7,11H,8,15H2,1-3H3,(H,16,17);1H. The lowest BCUT2D eigenvalue weighted by Gasteiger charge is -2.20. The highest BCUT2D eigenvalue weighted by Crippen LogP contribution is 2.14. The van der Waals surface area contributed by atoms with Gasteiger partial charge in [0.25, 0.3) is 0 Å². The first-order chi connectivity index (χ1) is 8.28. The van der Waals surface area contributed by atoms with E-state index < -0.39 is 11.7 Å². The van der Waals surface area contributed by atoms with Crippen molar-refractivity contribution in [3.05, 3.63) is 34.9 Å². The van der Waals surface area contributed by atoms with E-state index in [0.29, 0.717) is 11.6 Å². The van der Waals surface area contributed by atoms with Crippen molar-refractivity contribution >= 4 is 30.1 Å².